The minimum atomic E-state index is -4.75. The third kappa shape index (κ3) is 6.67. The van der Waals surface area contributed by atoms with Gasteiger partial charge in [-0.2, -0.15) is 4.99 Å². The number of hydrogen-bond donors (Lipinski definition) is 1. The van der Waals surface area contributed by atoms with Gasteiger partial charge in [-0.15, -0.1) is 29.6 Å². The number of hydrogen-bond acceptors (Lipinski definition) is 6. The second-order valence-electron chi connectivity index (χ2n) is 10.2. The maximum Gasteiger partial charge on any atom is 0.573 e. The zero-order valence-corrected chi connectivity index (χ0v) is 24.5. The van der Waals surface area contributed by atoms with E-state index in [-0.39, 0.29) is 12.3 Å². The number of rotatable bonds is 8. The Kier molecular flexibility index (Phi) is 7.95. The molecule has 1 N–H and O–H groups in total. The molecule has 5 aromatic rings. The molecule has 2 aromatic heterocycles. The van der Waals surface area contributed by atoms with Crippen LogP contribution in [0.25, 0.3) is 22.8 Å². The van der Waals surface area contributed by atoms with Crippen molar-refractivity contribution in [3.63, 3.8) is 0 Å². The van der Waals surface area contributed by atoms with Crippen LogP contribution in [0.15, 0.2) is 83.4 Å². The molecule has 0 saturated heterocycles. The quantitative estimate of drug-likeness (QED) is 0.209. The summed E-state index contributed by atoms with van der Waals surface area (Å²) >= 11 is 1.41. The number of halogens is 3. The highest BCUT2D eigenvalue weighted by molar-refractivity contribution is 7.07. The number of alkyl halides is 3. The van der Waals surface area contributed by atoms with Crippen LogP contribution < -0.4 is 19.6 Å². The van der Waals surface area contributed by atoms with Gasteiger partial charge in [0.1, 0.15) is 17.8 Å². The molecule has 2 amide bonds. The van der Waals surface area contributed by atoms with E-state index in [2.05, 4.69) is 31.2 Å². The lowest BCUT2D eigenvalue weighted by Crippen LogP contribution is -2.24. The predicted molar refractivity (Wildman–Crippen MR) is 158 cm³/mol. The molecule has 1 saturated carbocycles. The van der Waals surface area contributed by atoms with Crippen molar-refractivity contribution in [2.45, 2.75) is 38.6 Å². The van der Waals surface area contributed by atoms with Gasteiger partial charge in [0.05, 0.1) is 18.5 Å². The van der Waals surface area contributed by atoms with E-state index in [4.69, 9.17) is 4.74 Å². The van der Waals surface area contributed by atoms with Crippen LogP contribution in [0.1, 0.15) is 35.6 Å². The highest BCUT2D eigenvalue weighted by Gasteiger charge is 2.31. The molecular formula is C31H27F3N6O3S. The number of ether oxygens (including phenoxy) is 2. The van der Waals surface area contributed by atoms with Gasteiger partial charge in [-0.3, -0.25) is 4.57 Å². The summed E-state index contributed by atoms with van der Waals surface area (Å²) in [6, 6.07) is 18.3. The molecule has 1 aliphatic rings. The summed E-state index contributed by atoms with van der Waals surface area (Å²) in [5, 5.41) is 9.26. The van der Waals surface area contributed by atoms with E-state index >= 15 is 0 Å². The third-order valence-electron chi connectivity index (χ3n) is 7.05. The smallest absolute Gasteiger partial charge is 0.497 e. The van der Waals surface area contributed by atoms with E-state index in [1.165, 1.54) is 52.2 Å². The van der Waals surface area contributed by atoms with Crippen LogP contribution in [0.2, 0.25) is 0 Å². The predicted octanol–water partition coefficient (Wildman–Crippen LogP) is 6.69. The first kappa shape index (κ1) is 29.2. The fraction of sp³-hybridized carbons (Fsp3) is 0.226. The first-order valence-electron chi connectivity index (χ1n) is 13.7. The molecule has 0 bridgehead atoms. The first-order valence-corrected chi connectivity index (χ1v) is 14.6. The fourth-order valence-corrected chi connectivity index (χ4v) is 5.61. The van der Waals surface area contributed by atoms with Gasteiger partial charge in [0.25, 0.3) is 0 Å². The van der Waals surface area contributed by atoms with Gasteiger partial charge in [-0.05, 0) is 79.3 Å². The zero-order valence-electron chi connectivity index (χ0n) is 23.7. The maximum atomic E-state index is 12.8. The average Bonchev–Trinajstić information content (AvgIpc) is 3.63. The summed E-state index contributed by atoms with van der Waals surface area (Å²) in [7, 11) is 1.66. The Hall–Kier alpha value is -4.91. The van der Waals surface area contributed by atoms with Crippen LogP contribution in [-0.4, -0.2) is 38.8 Å². The lowest BCUT2D eigenvalue weighted by Gasteiger charge is -2.13. The Labute approximate surface area is 254 Å². The highest BCUT2D eigenvalue weighted by Crippen LogP contribution is 2.44. The Morgan fingerprint density at radius 2 is 1.80 bits per heavy atom. The van der Waals surface area contributed by atoms with Crippen LogP contribution in [0, 0.1) is 6.92 Å². The topological polar surface area (TPSA) is 95.6 Å². The number of carbonyl (C=O) groups is 1. The summed E-state index contributed by atoms with van der Waals surface area (Å²) in [4.78, 5) is 22.1. The molecule has 44 heavy (non-hydrogen) atoms. The number of benzene rings is 3. The molecule has 1 aliphatic carbocycles. The molecule has 0 atom stereocenters. The van der Waals surface area contributed by atoms with E-state index < -0.39 is 12.4 Å². The van der Waals surface area contributed by atoms with E-state index in [1.807, 2.05) is 53.3 Å². The average molecular weight is 621 g/mol. The standard InChI is InChI=1S/C31H27F3N6O3S/c1-19-17-44-30(40(19)27-14-13-25(42-2)15-26(27)21-7-8-21)37-29(41)35-16-20-3-5-22(6-4-20)28-36-18-39(38-28)23-9-11-24(12-10-23)43-31(32,33)34/h3-6,9-15,17-18,21H,7-8,16H2,1-2H3,(H,35,41). The molecule has 2 heterocycles. The SMILES string of the molecule is COc1ccc(-n2c(C)csc2=NC(=O)NCc2ccc(-c3ncn(-c4ccc(OC(F)(F)F)cc4)n3)cc2)c(C2CC2)c1. The molecule has 0 unspecified atom stereocenters. The van der Waals surface area contributed by atoms with Gasteiger partial charge in [-0.25, -0.2) is 14.5 Å². The second-order valence-corrected chi connectivity index (χ2v) is 11.1. The highest BCUT2D eigenvalue weighted by atomic mass is 32.1. The van der Waals surface area contributed by atoms with Crippen molar-refractivity contribution in [1.29, 1.82) is 0 Å². The van der Waals surface area contributed by atoms with Gasteiger partial charge < -0.3 is 14.8 Å². The van der Waals surface area contributed by atoms with Gasteiger partial charge >= 0.3 is 12.4 Å². The Balaban J connectivity index is 1.11. The van der Waals surface area contributed by atoms with Crippen molar-refractivity contribution < 1.29 is 27.4 Å². The number of amides is 2. The summed E-state index contributed by atoms with van der Waals surface area (Å²) in [5.74, 6) is 1.41. The van der Waals surface area contributed by atoms with Gasteiger partial charge in [0.2, 0.25) is 0 Å². The van der Waals surface area contributed by atoms with Crippen molar-refractivity contribution >= 4 is 17.4 Å². The molecule has 1 fully saturated rings. The Morgan fingerprint density at radius 3 is 2.48 bits per heavy atom. The molecule has 13 heteroatoms. The second kappa shape index (κ2) is 12.0. The summed E-state index contributed by atoms with van der Waals surface area (Å²) in [6.45, 7) is 2.27. The normalized spacial score (nSPS) is 13.6. The lowest BCUT2D eigenvalue weighted by atomic mass is 10.1. The van der Waals surface area contributed by atoms with Crippen molar-refractivity contribution in [1.82, 2.24) is 24.6 Å². The molecule has 6 rings (SSSR count). The molecule has 226 valence electrons. The zero-order chi connectivity index (χ0) is 30.8. The van der Waals surface area contributed by atoms with Crippen molar-refractivity contribution in [3.8, 4) is 34.3 Å². The van der Waals surface area contributed by atoms with Gasteiger partial charge in [0.15, 0.2) is 10.6 Å². The van der Waals surface area contributed by atoms with Crippen molar-refractivity contribution in [3.05, 3.63) is 100 Å². The largest absolute Gasteiger partial charge is 0.573 e. The van der Waals surface area contributed by atoms with E-state index in [1.54, 1.807) is 7.11 Å². The van der Waals surface area contributed by atoms with Gasteiger partial charge in [0, 0.05) is 23.2 Å². The number of nitrogens with one attached hydrogen (secondary N) is 1. The van der Waals surface area contributed by atoms with Crippen molar-refractivity contribution in [2.24, 2.45) is 4.99 Å². The first-order chi connectivity index (χ1) is 21.2. The molecule has 9 nitrogen and oxygen atoms in total. The lowest BCUT2D eigenvalue weighted by molar-refractivity contribution is -0.274. The summed E-state index contributed by atoms with van der Waals surface area (Å²) in [6.07, 6.45) is -1.02. The Bertz CT molecular complexity index is 1860. The van der Waals surface area contributed by atoms with Gasteiger partial charge in [-0.1, -0.05) is 24.3 Å². The van der Waals surface area contributed by atoms with Crippen LogP contribution in [0.3, 0.4) is 0 Å². The minimum absolute atomic E-state index is 0.275. The number of urea groups is 1. The Morgan fingerprint density at radius 1 is 1.07 bits per heavy atom. The molecular weight excluding hydrogens is 593 g/mol. The van der Waals surface area contributed by atoms with E-state index in [9.17, 15) is 18.0 Å². The minimum Gasteiger partial charge on any atom is -0.497 e. The number of carbonyl (C=O) groups excluding carboxylic acids is 1. The van der Waals surface area contributed by atoms with Crippen molar-refractivity contribution in [2.75, 3.05) is 7.11 Å². The van der Waals surface area contributed by atoms with Crippen LogP contribution in [-0.2, 0) is 6.54 Å². The van der Waals surface area contributed by atoms with E-state index in [0.717, 1.165) is 41.1 Å². The summed E-state index contributed by atoms with van der Waals surface area (Å²) < 4.78 is 50.1. The van der Waals surface area contributed by atoms with Crippen LogP contribution in [0.5, 0.6) is 11.5 Å². The van der Waals surface area contributed by atoms with Crippen LogP contribution >= 0.6 is 11.3 Å². The summed E-state index contributed by atoms with van der Waals surface area (Å²) in [5.41, 5.74) is 5.32. The number of methoxy groups -OCH3 is 1. The maximum absolute atomic E-state index is 12.8. The number of thiazole rings is 1. The monoisotopic (exact) mass is 620 g/mol. The molecule has 3 aromatic carbocycles. The van der Waals surface area contributed by atoms with E-state index in [0.29, 0.717) is 22.2 Å². The molecule has 0 spiro atoms. The molecule has 0 aliphatic heterocycles. The van der Waals surface area contributed by atoms with Crippen LogP contribution in [0.4, 0.5) is 18.0 Å². The fourth-order valence-electron chi connectivity index (χ4n) is 4.74. The third-order valence-corrected chi connectivity index (χ3v) is 8.00. The molecule has 0 radical (unpaired) electrons. The number of aromatic nitrogens is 4. The number of nitrogens with zero attached hydrogens (tertiary/aromatic N) is 5. The number of aryl methyl sites for hydroxylation is 1.